The van der Waals surface area contributed by atoms with Crippen LogP contribution in [0.1, 0.15) is 10.4 Å². The molecule has 0 atom stereocenters. The van der Waals surface area contributed by atoms with Crippen LogP contribution in [0, 0.1) is 0 Å². The first-order valence-electron chi connectivity index (χ1n) is 5.80. The Labute approximate surface area is 116 Å². The number of amides is 1. The molecule has 0 bridgehead atoms. The highest BCUT2D eigenvalue weighted by Crippen LogP contribution is 2.31. The zero-order valence-electron chi connectivity index (χ0n) is 10.7. The number of carbonyl (C=O) groups is 1. The van der Waals surface area contributed by atoms with Crippen LogP contribution in [-0.4, -0.2) is 39.1 Å². The minimum absolute atomic E-state index is 0.248. The molecule has 102 valence electrons. The number of methoxy groups -OCH3 is 1. The molecule has 1 amide bonds. The van der Waals surface area contributed by atoms with E-state index in [0.717, 1.165) is 13.1 Å². The molecule has 0 saturated carbocycles. The molecule has 1 aromatic rings. The lowest BCUT2D eigenvalue weighted by Gasteiger charge is -2.13. The minimum Gasteiger partial charge on any atom is -0.496 e. The predicted molar refractivity (Wildman–Crippen MR) is 75.3 cm³/mol. The maximum Gasteiger partial charge on any atom is 0.254 e. The molecule has 7 heteroatoms. The van der Waals surface area contributed by atoms with Gasteiger partial charge in [-0.1, -0.05) is 11.6 Å². The number of benzene rings is 1. The smallest absolute Gasteiger partial charge is 0.254 e. The lowest BCUT2D eigenvalue weighted by atomic mass is 10.1. The number of aliphatic imine (C=N–C) groups is 1. The average Bonchev–Trinajstić information content (AvgIpc) is 2.92. The summed E-state index contributed by atoms with van der Waals surface area (Å²) in [5.41, 5.74) is 1.03. The number of nitrogens with zero attached hydrogens (tertiary/aromatic N) is 1. The molecule has 1 heterocycles. The van der Waals surface area contributed by atoms with E-state index in [1.54, 1.807) is 19.2 Å². The van der Waals surface area contributed by atoms with Crippen molar-refractivity contribution < 1.29 is 9.53 Å². The average molecular weight is 283 g/mol. The number of ether oxygens (including phenoxy) is 1. The molecule has 3 N–H and O–H groups in total. The first-order valence-corrected chi connectivity index (χ1v) is 6.18. The number of halogens is 1. The van der Waals surface area contributed by atoms with Crippen molar-refractivity contribution in [3.05, 3.63) is 22.7 Å². The Morgan fingerprint density at radius 2 is 2.32 bits per heavy atom. The van der Waals surface area contributed by atoms with Crippen molar-refractivity contribution in [3.63, 3.8) is 0 Å². The van der Waals surface area contributed by atoms with Crippen LogP contribution in [0.5, 0.6) is 5.75 Å². The summed E-state index contributed by atoms with van der Waals surface area (Å²) in [4.78, 5) is 15.9. The number of hydrogen-bond donors (Lipinski definition) is 3. The Kier molecular flexibility index (Phi) is 4.11. The van der Waals surface area contributed by atoms with Gasteiger partial charge in [0, 0.05) is 19.7 Å². The third kappa shape index (κ3) is 2.90. The second-order valence-electron chi connectivity index (χ2n) is 3.89. The topological polar surface area (TPSA) is 74.8 Å². The first kappa shape index (κ1) is 13.5. The molecule has 0 spiro atoms. The number of carbonyl (C=O) groups excluding carboxylic acids is 1. The summed E-state index contributed by atoms with van der Waals surface area (Å²) in [7, 11) is 3.06. The van der Waals surface area contributed by atoms with E-state index in [2.05, 4.69) is 20.9 Å². The SMILES string of the molecule is CNC(=O)c1cc(Cl)c(NC2=NCCN2)cc1OC. The van der Waals surface area contributed by atoms with Gasteiger partial charge in [0.25, 0.3) is 5.91 Å². The van der Waals surface area contributed by atoms with Gasteiger partial charge in [0.1, 0.15) is 5.75 Å². The number of guanidine groups is 1. The highest BCUT2D eigenvalue weighted by atomic mass is 35.5. The molecular formula is C12H15ClN4O2. The largest absolute Gasteiger partial charge is 0.496 e. The summed E-state index contributed by atoms with van der Waals surface area (Å²) < 4.78 is 5.21. The molecular weight excluding hydrogens is 268 g/mol. The van der Waals surface area contributed by atoms with E-state index in [-0.39, 0.29) is 5.91 Å². The number of rotatable bonds is 3. The summed E-state index contributed by atoms with van der Waals surface area (Å²) in [5.74, 6) is 0.864. The van der Waals surface area contributed by atoms with Gasteiger partial charge in [-0.05, 0) is 6.07 Å². The van der Waals surface area contributed by atoms with Gasteiger partial charge < -0.3 is 20.7 Å². The van der Waals surface area contributed by atoms with Crippen LogP contribution in [0.4, 0.5) is 5.69 Å². The predicted octanol–water partition coefficient (Wildman–Crippen LogP) is 1.08. The zero-order valence-corrected chi connectivity index (χ0v) is 11.5. The zero-order chi connectivity index (χ0) is 13.8. The molecule has 6 nitrogen and oxygen atoms in total. The minimum atomic E-state index is -0.248. The van der Waals surface area contributed by atoms with E-state index in [1.807, 2.05) is 0 Å². The normalized spacial score (nSPS) is 13.5. The van der Waals surface area contributed by atoms with Crippen molar-refractivity contribution in [2.75, 3.05) is 32.6 Å². The fraction of sp³-hybridized carbons (Fsp3) is 0.333. The lowest BCUT2D eigenvalue weighted by Crippen LogP contribution is -2.26. The van der Waals surface area contributed by atoms with E-state index in [1.165, 1.54) is 7.11 Å². The fourth-order valence-corrected chi connectivity index (χ4v) is 1.95. The number of anilines is 1. The molecule has 19 heavy (non-hydrogen) atoms. The second-order valence-corrected chi connectivity index (χ2v) is 4.30. The summed E-state index contributed by atoms with van der Waals surface area (Å²) in [6.45, 7) is 1.53. The van der Waals surface area contributed by atoms with E-state index >= 15 is 0 Å². The van der Waals surface area contributed by atoms with Crippen molar-refractivity contribution in [1.29, 1.82) is 0 Å². The Balaban J connectivity index is 2.32. The quantitative estimate of drug-likeness (QED) is 0.775. The molecule has 2 rings (SSSR count). The van der Waals surface area contributed by atoms with E-state index in [4.69, 9.17) is 16.3 Å². The summed E-state index contributed by atoms with van der Waals surface area (Å²) in [5, 5.41) is 9.11. The van der Waals surface area contributed by atoms with Gasteiger partial charge in [0.15, 0.2) is 5.96 Å². The molecule has 0 fully saturated rings. The third-order valence-electron chi connectivity index (χ3n) is 2.69. The van der Waals surface area contributed by atoms with Crippen LogP contribution in [0.25, 0.3) is 0 Å². The summed E-state index contributed by atoms with van der Waals surface area (Å²) >= 11 is 6.16. The molecule has 0 aliphatic carbocycles. The second kappa shape index (κ2) is 5.79. The fourth-order valence-electron chi connectivity index (χ4n) is 1.74. The van der Waals surface area contributed by atoms with Crippen molar-refractivity contribution in [3.8, 4) is 5.75 Å². The van der Waals surface area contributed by atoms with Gasteiger partial charge >= 0.3 is 0 Å². The Bertz CT molecular complexity index is 531. The van der Waals surface area contributed by atoms with E-state index < -0.39 is 0 Å². The van der Waals surface area contributed by atoms with Crippen LogP contribution >= 0.6 is 11.6 Å². The molecule has 1 aliphatic heterocycles. The van der Waals surface area contributed by atoms with Crippen LogP contribution in [-0.2, 0) is 0 Å². The molecule has 1 aliphatic rings. The Morgan fingerprint density at radius 3 is 2.89 bits per heavy atom. The van der Waals surface area contributed by atoms with Crippen molar-refractivity contribution in [2.24, 2.45) is 4.99 Å². The monoisotopic (exact) mass is 282 g/mol. The van der Waals surface area contributed by atoms with Gasteiger partial charge in [-0.25, -0.2) is 0 Å². The molecule has 0 unspecified atom stereocenters. The Morgan fingerprint density at radius 1 is 1.53 bits per heavy atom. The highest BCUT2D eigenvalue weighted by molar-refractivity contribution is 6.34. The maximum absolute atomic E-state index is 11.7. The maximum atomic E-state index is 11.7. The lowest BCUT2D eigenvalue weighted by molar-refractivity contribution is 0.0960. The Hall–Kier alpha value is -1.95. The molecule has 0 aromatic heterocycles. The summed E-state index contributed by atoms with van der Waals surface area (Å²) in [6, 6.07) is 3.24. The van der Waals surface area contributed by atoms with Gasteiger partial charge in [0.2, 0.25) is 0 Å². The van der Waals surface area contributed by atoms with Gasteiger partial charge in [-0.2, -0.15) is 0 Å². The van der Waals surface area contributed by atoms with Crippen molar-refractivity contribution in [1.82, 2.24) is 10.6 Å². The van der Waals surface area contributed by atoms with Crippen molar-refractivity contribution >= 4 is 29.2 Å². The van der Waals surface area contributed by atoms with Crippen LogP contribution in [0.15, 0.2) is 17.1 Å². The van der Waals surface area contributed by atoms with Gasteiger partial charge in [0.05, 0.1) is 29.9 Å². The highest BCUT2D eigenvalue weighted by Gasteiger charge is 2.16. The summed E-state index contributed by atoms with van der Waals surface area (Å²) in [6.07, 6.45) is 0. The molecule has 1 aromatic carbocycles. The van der Waals surface area contributed by atoms with Crippen LogP contribution in [0.3, 0.4) is 0 Å². The van der Waals surface area contributed by atoms with Crippen LogP contribution < -0.4 is 20.7 Å². The standard InChI is InChI=1S/C12H15ClN4O2/c1-14-11(18)7-5-8(13)9(6-10(7)19-2)17-12-15-3-4-16-12/h5-6H,3-4H2,1-2H3,(H,14,18)(H2,15,16,17). The third-order valence-corrected chi connectivity index (χ3v) is 3.00. The van der Waals surface area contributed by atoms with E-state index in [0.29, 0.717) is 28.0 Å². The first-order chi connectivity index (χ1) is 9.15. The van der Waals surface area contributed by atoms with E-state index in [9.17, 15) is 4.79 Å². The number of hydrogen-bond acceptors (Lipinski definition) is 5. The van der Waals surface area contributed by atoms with Gasteiger partial charge in [-0.3, -0.25) is 9.79 Å². The van der Waals surface area contributed by atoms with Crippen LogP contribution in [0.2, 0.25) is 5.02 Å². The van der Waals surface area contributed by atoms with Crippen molar-refractivity contribution in [2.45, 2.75) is 0 Å². The molecule has 0 saturated heterocycles. The number of nitrogens with one attached hydrogen (secondary N) is 3. The van der Waals surface area contributed by atoms with Gasteiger partial charge in [-0.15, -0.1) is 0 Å². The molecule has 0 radical (unpaired) electrons.